The topological polar surface area (TPSA) is 49.3 Å². The molecule has 2 N–H and O–H groups in total. The first-order valence-corrected chi connectivity index (χ1v) is 4.67. The molecule has 0 spiro atoms. The third kappa shape index (κ3) is 1.76. The van der Waals surface area contributed by atoms with Gasteiger partial charge in [0.25, 0.3) is 0 Å². The lowest BCUT2D eigenvalue weighted by molar-refractivity contribution is -0.114. The number of benzene rings is 2. The van der Waals surface area contributed by atoms with Gasteiger partial charge >= 0.3 is 0 Å². The fourth-order valence-electron chi connectivity index (χ4n) is 1.57. The molecule has 1 amide bonds. The first-order valence-electron chi connectivity index (χ1n) is 4.67. The average Bonchev–Trinajstić information content (AvgIpc) is 2.22. The number of rotatable bonds is 1. The fraction of sp³-hybridized carbons (Fsp3) is 0.0833. The van der Waals surface area contributed by atoms with Gasteiger partial charge in [-0.1, -0.05) is 30.3 Å². The predicted molar refractivity (Wildman–Crippen MR) is 59.9 cm³/mol. The lowest BCUT2D eigenvalue weighted by Crippen LogP contribution is -2.06. The van der Waals surface area contributed by atoms with Gasteiger partial charge in [-0.05, 0) is 11.5 Å². The van der Waals surface area contributed by atoms with Crippen molar-refractivity contribution < 1.29 is 9.90 Å². The van der Waals surface area contributed by atoms with Crippen LogP contribution in [-0.4, -0.2) is 11.0 Å². The van der Waals surface area contributed by atoms with Crippen molar-refractivity contribution in [3.05, 3.63) is 36.4 Å². The molecule has 3 heteroatoms. The minimum absolute atomic E-state index is 0.0869. The number of anilines is 1. The van der Waals surface area contributed by atoms with E-state index in [-0.39, 0.29) is 11.7 Å². The molecule has 0 atom stereocenters. The molecule has 0 aliphatic heterocycles. The summed E-state index contributed by atoms with van der Waals surface area (Å²) in [6.45, 7) is 1.42. The van der Waals surface area contributed by atoms with E-state index in [0.29, 0.717) is 5.69 Å². The van der Waals surface area contributed by atoms with Crippen molar-refractivity contribution in [2.45, 2.75) is 6.92 Å². The summed E-state index contributed by atoms with van der Waals surface area (Å²) in [7, 11) is 0. The quantitative estimate of drug-likeness (QED) is 0.696. The van der Waals surface area contributed by atoms with Gasteiger partial charge in [-0.25, -0.2) is 0 Å². The third-order valence-electron chi connectivity index (χ3n) is 2.21. The first kappa shape index (κ1) is 9.52. The Kier molecular flexibility index (Phi) is 2.29. The monoisotopic (exact) mass is 201 g/mol. The molecule has 2 rings (SSSR count). The summed E-state index contributed by atoms with van der Waals surface area (Å²) in [6.07, 6.45) is 0. The van der Waals surface area contributed by atoms with E-state index in [9.17, 15) is 9.90 Å². The molecule has 0 heterocycles. The number of hydrogen-bond donors (Lipinski definition) is 2. The van der Waals surface area contributed by atoms with Crippen molar-refractivity contribution in [2.24, 2.45) is 0 Å². The Morgan fingerprint density at radius 2 is 1.93 bits per heavy atom. The number of phenols is 1. The van der Waals surface area contributed by atoms with E-state index in [4.69, 9.17) is 0 Å². The molecule has 0 aromatic heterocycles. The summed E-state index contributed by atoms with van der Waals surface area (Å²) in [5.41, 5.74) is 0.473. The second-order valence-corrected chi connectivity index (χ2v) is 3.36. The highest BCUT2D eigenvalue weighted by Crippen LogP contribution is 2.31. The molecule has 0 saturated heterocycles. The molecule has 0 radical (unpaired) electrons. The smallest absolute Gasteiger partial charge is 0.221 e. The molecule has 2 aromatic carbocycles. The second-order valence-electron chi connectivity index (χ2n) is 3.36. The summed E-state index contributed by atoms with van der Waals surface area (Å²) in [6, 6.07) is 11.0. The summed E-state index contributed by atoms with van der Waals surface area (Å²) >= 11 is 0. The summed E-state index contributed by atoms with van der Waals surface area (Å²) < 4.78 is 0. The summed E-state index contributed by atoms with van der Waals surface area (Å²) in [5, 5.41) is 14.1. The van der Waals surface area contributed by atoms with E-state index in [1.165, 1.54) is 6.92 Å². The molecule has 0 unspecified atom stereocenters. The Morgan fingerprint density at radius 1 is 1.20 bits per heavy atom. The average molecular weight is 201 g/mol. The van der Waals surface area contributed by atoms with Gasteiger partial charge in [0.05, 0.1) is 5.69 Å². The molecule has 0 aliphatic rings. The minimum Gasteiger partial charge on any atom is -0.506 e. The Balaban J connectivity index is 2.68. The van der Waals surface area contributed by atoms with Crippen molar-refractivity contribution in [1.29, 1.82) is 0 Å². The van der Waals surface area contributed by atoms with Crippen LogP contribution < -0.4 is 5.32 Å². The van der Waals surface area contributed by atoms with E-state index >= 15 is 0 Å². The zero-order valence-corrected chi connectivity index (χ0v) is 8.32. The lowest BCUT2D eigenvalue weighted by atomic mass is 10.1. The van der Waals surface area contributed by atoms with Crippen LogP contribution in [0.2, 0.25) is 0 Å². The van der Waals surface area contributed by atoms with Gasteiger partial charge in [0.1, 0.15) is 5.75 Å². The molecule has 0 aliphatic carbocycles. The zero-order valence-electron chi connectivity index (χ0n) is 8.32. The molecule has 3 nitrogen and oxygen atoms in total. The van der Waals surface area contributed by atoms with Crippen molar-refractivity contribution in [2.75, 3.05) is 5.32 Å². The molecule has 2 aromatic rings. The maximum atomic E-state index is 11.0. The highest BCUT2D eigenvalue weighted by atomic mass is 16.3. The maximum Gasteiger partial charge on any atom is 0.221 e. The summed E-state index contributed by atoms with van der Waals surface area (Å²) in [5.74, 6) is -0.106. The molecule has 0 fully saturated rings. The SMILES string of the molecule is CC(=O)Nc1c(O)ccc2ccccc12. The van der Waals surface area contributed by atoms with Gasteiger partial charge in [-0.15, -0.1) is 0 Å². The third-order valence-corrected chi connectivity index (χ3v) is 2.21. The van der Waals surface area contributed by atoms with Crippen molar-refractivity contribution in [3.63, 3.8) is 0 Å². The number of carbonyl (C=O) groups excluding carboxylic acids is 1. The Hall–Kier alpha value is -2.03. The maximum absolute atomic E-state index is 11.0. The highest BCUT2D eigenvalue weighted by Gasteiger charge is 2.07. The van der Waals surface area contributed by atoms with Gasteiger partial charge in [0.2, 0.25) is 5.91 Å². The predicted octanol–water partition coefficient (Wildman–Crippen LogP) is 2.50. The number of amides is 1. The van der Waals surface area contributed by atoms with Crippen LogP contribution in [-0.2, 0) is 4.79 Å². The second kappa shape index (κ2) is 3.61. The molecule has 0 bridgehead atoms. The largest absolute Gasteiger partial charge is 0.506 e. The van der Waals surface area contributed by atoms with Crippen LogP contribution in [0.15, 0.2) is 36.4 Å². The van der Waals surface area contributed by atoms with Crippen molar-refractivity contribution in [3.8, 4) is 5.75 Å². The van der Waals surface area contributed by atoms with Gasteiger partial charge < -0.3 is 10.4 Å². The fourth-order valence-corrected chi connectivity index (χ4v) is 1.57. The molecule has 15 heavy (non-hydrogen) atoms. The van der Waals surface area contributed by atoms with Gasteiger partial charge in [-0.3, -0.25) is 4.79 Å². The first-order chi connectivity index (χ1) is 7.18. The normalized spacial score (nSPS) is 10.2. The number of aromatic hydroxyl groups is 1. The van der Waals surface area contributed by atoms with Crippen LogP contribution in [0.25, 0.3) is 10.8 Å². The Labute approximate surface area is 87.3 Å². The van der Waals surface area contributed by atoms with Gasteiger partial charge in [0, 0.05) is 12.3 Å². The van der Waals surface area contributed by atoms with Gasteiger partial charge in [-0.2, -0.15) is 0 Å². The van der Waals surface area contributed by atoms with Crippen LogP contribution in [0.4, 0.5) is 5.69 Å². The molecule has 0 saturated carbocycles. The molecule has 76 valence electrons. The zero-order chi connectivity index (χ0) is 10.8. The minimum atomic E-state index is -0.193. The number of phenolic OH excluding ortho intramolecular Hbond substituents is 1. The Morgan fingerprint density at radius 3 is 2.67 bits per heavy atom. The summed E-state index contributed by atoms with van der Waals surface area (Å²) in [4.78, 5) is 11.0. The molecular weight excluding hydrogens is 190 g/mol. The number of carbonyl (C=O) groups is 1. The van der Waals surface area contributed by atoms with Gasteiger partial charge in [0.15, 0.2) is 0 Å². The van der Waals surface area contributed by atoms with Crippen molar-refractivity contribution >= 4 is 22.4 Å². The van der Waals surface area contributed by atoms with Crippen LogP contribution in [0.1, 0.15) is 6.92 Å². The van der Waals surface area contributed by atoms with E-state index in [1.54, 1.807) is 6.07 Å². The van der Waals surface area contributed by atoms with E-state index in [1.807, 2.05) is 30.3 Å². The van der Waals surface area contributed by atoms with Crippen LogP contribution in [0, 0.1) is 0 Å². The van der Waals surface area contributed by atoms with E-state index in [0.717, 1.165) is 10.8 Å². The number of nitrogens with one attached hydrogen (secondary N) is 1. The van der Waals surface area contributed by atoms with E-state index < -0.39 is 0 Å². The highest BCUT2D eigenvalue weighted by molar-refractivity contribution is 6.03. The van der Waals surface area contributed by atoms with Crippen LogP contribution >= 0.6 is 0 Å². The van der Waals surface area contributed by atoms with Crippen molar-refractivity contribution in [1.82, 2.24) is 0 Å². The van der Waals surface area contributed by atoms with E-state index in [2.05, 4.69) is 5.32 Å². The van der Waals surface area contributed by atoms with Crippen LogP contribution in [0.3, 0.4) is 0 Å². The molecular formula is C12H11NO2. The van der Waals surface area contributed by atoms with Crippen LogP contribution in [0.5, 0.6) is 5.75 Å². The Bertz CT molecular complexity index is 520. The number of hydrogen-bond acceptors (Lipinski definition) is 2. The standard InChI is InChI=1S/C12H11NO2/c1-8(14)13-12-10-5-3-2-4-9(10)6-7-11(12)15/h2-7,15H,1H3,(H,13,14). The number of fused-ring (bicyclic) bond motifs is 1. The lowest BCUT2D eigenvalue weighted by Gasteiger charge is -2.08.